The Morgan fingerprint density at radius 2 is 1.88 bits per heavy atom. The normalized spacial score (nSPS) is 13.7. The molecule has 2 N–H and O–H groups in total. The average molecular weight is 437 g/mol. The maximum Gasteiger partial charge on any atom is 0.265 e. The molecular weight excluding hydrogens is 413 g/mol. The van der Waals surface area contributed by atoms with E-state index in [-0.39, 0.29) is 17.9 Å². The van der Waals surface area contributed by atoms with Crippen molar-refractivity contribution in [2.24, 2.45) is 0 Å². The number of nitrogens with zero attached hydrogens (tertiary/aromatic N) is 3. The minimum absolute atomic E-state index is 0.0854. The number of methoxy groups -OCH3 is 1. The van der Waals surface area contributed by atoms with Gasteiger partial charge in [0.25, 0.3) is 11.5 Å². The molecule has 2 aromatic carbocycles. The van der Waals surface area contributed by atoms with Gasteiger partial charge in [0.1, 0.15) is 17.1 Å². The van der Waals surface area contributed by atoms with E-state index in [9.17, 15) is 14.0 Å². The maximum atomic E-state index is 13.3. The highest BCUT2D eigenvalue weighted by molar-refractivity contribution is 5.93. The van der Waals surface area contributed by atoms with E-state index >= 15 is 0 Å². The van der Waals surface area contributed by atoms with Crippen molar-refractivity contribution in [1.29, 1.82) is 0 Å². The van der Waals surface area contributed by atoms with E-state index in [0.717, 1.165) is 24.5 Å². The third kappa shape index (κ3) is 4.72. The molecule has 3 aromatic rings. The maximum absolute atomic E-state index is 13.3. The topological polar surface area (TPSA) is 90.6 Å². The summed E-state index contributed by atoms with van der Waals surface area (Å²) >= 11 is 0. The number of piperazine rings is 1. The van der Waals surface area contributed by atoms with Crippen LogP contribution in [0.1, 0.15) is 15.9 Å². The van der Waals surface area contributed by atoms with Crippen molar-refractivity contribution >= 4 is 17.5 Å². The van der Waals surface area contributed by atoms with Crippen LogP contribution in [-0.2, 0) is 6.54 Å². The van der Waals surface area contributed by atoms with Gasteiger partial charge in [-0.15, -0.1) is 0 Å². The number of nitrogens with one attached hydrogen (secondary N) is 2. The van der Waals surface area contributed by atoms with Gasteiger partial charge in [-0.05, 0) is 29.8 Å². The van der Waals surface area contributed by atoms with Crippen LogP contribution in [-0.4, -0.2) is 49.2 Å². The number of carbonyl (C=O) groups is 1. The first-order chi connectivity index (χ1) is 15.5. The molecule has 1 fully saturated rings. The summed E-state index contributed by atoms with van der Waals surface area (Å²) in [5.41, 5.74) is 1.03. The van der Waals surface area contributed by atoms with Crippen LogP contribution in [0, 0.1) is 5.82 Å². The molecule has 4 rings (SSSR count). The molecule has 32 heavy (non-hydrogen) atoms. The summed E-state index contributed by atoms with van der Waals surface area (Å²) < 4.78 is 18.7. The fraction of sp³-hybridized carbons (Fsp3) is 0.261. The van der Waals surface area contributed by atoms with Crippen LogP contribution in [0.3, 0.4) is 0 Å². The zero-order valence-electron chi connectivity index (χ0n) is 17.7. The standard InChI is InChI=1S/C23H24FN5O3/c1-32-20-8-3-2-7-19(20)28-9-11-29(12-10-28)23-26-15-18(22(31)27-23)21(30)25-14-16-5-4-6-17(24)13-16/h2-8,13,15H,9-12,14H2,1H3,(H,25,30)(H,26,27,31). The van der Waals surface area contributed by atoms with E-state index in [1.54, 1.807) is 19.2 Å². The predicted molar refractivity (Wildman–Crippen MR) is 120 cm³/mol. The van der Waals surface area contributed by atoms with Gasteiger partial charge in [0.15, 0.2) is 0 Å². The van der Waals surface area contributed by atoms with E-state index in [4.69, 9.17) is 4.74 Å². The van der Waals surface area contributed by atoms with Crippen molar-refractivity contribution in [2.75, 3.05) is 43.1 Å². The van der Waals surface area contributed by atoms with Gasteiger partial charge in [-0.2, -0.15) is 0 Å². The number of ether oxygens (including phenoxy) is 1. The van der Waals surface area contributed by atoms with Gasteiger partial charge in [0, 0.05) is 38.9 Å². The number of carbonyl (C=O) groups excluding carboxylic acids is 1. The van der Waals surface area contributed by atoms with Gasteiger partial charge in [0.2, 0.25) is 5.95 Å². The molecular formula is C23H24FN5O3. The van der Waals surface area contributed by atoms with Gasteiger partial charge in [-0.1, -0.05) is 24.3 Å². The number of para-hydroxylation sites is 2. The highest BCUT2D eigenvalue weighted by Crippen LogP contribution is 2.28. The summed E-state index contributed by atoms with van der Waals surface area (Å²) in [6, 6.07) is 13.8. The lowest BCUT2D eigenvalue weighted by Crippen LogP contribution is -2.47. The molecule has 0 radical (unpaired) electrons. The van der Waals surface area contributed by atoms with Gasteiger partial charge in [0.05, 0.1) is 12.8 Å². The summed E-state index contributed by atoms with van der Waals surface area (Å²) in [6.45, 7) is 2.90. The lowest BCUT2D eigenvalue weighted by Gasteiger charge is -2.36. The Bertz CT molecular complexity index is 1160. The minimum Gasteiger partial charge on any atom is -0.495 e. The van der Waals surface area contributed by atoms with Crippen LogP contribution < -0.4 is 25.4 Å². The van der Waals surface area contributed by atoms with Gasteiger partial charge >= 0.3 is 0 Å². The summed E-state index contributed by atoms with van der Waals surface area (Å²) in [6.07, 6.45) is 1.28. The number of amides is 1. The molecule has 0 bridgehead atoms. The second kappa shape index (κ2) is 9.51. The minimum atomic E-state index is -0.560. The summed E-state index contributed by atoms with van der Waals surface area (Å²) in [7, 11) is 1.65. The highest BCUT2D eigenvalue weighted by Gasteiger charge is 2.22. The summed E-state index contributed by atoms with van der Waals surface area (Å²) in [4.78, 5) is 36.1. The van der Waals surface area contributed by atoms with Crippen LogP contribution >= 0.6 is 0 Å². The Morgan fingerprint density at radius 3 is 2.59 bits per heavy atom. The first kappa shape index (κ1) is 21.4. The largest absolute Gasteiger partial charge is 0.495 e. The number of halogens is 1. The van der Waals surface area contributed by atoms with Crippen LogP contribution in [0.5, 0.6) is 5.75 Å². The van der Waals surface area contributed by atoms with Crippen molar-refractivity contribution in [3.63, 3.8) is 0 Å². The van der Waals surface area contributed by atoms with E-state index in [1.807, 2.05) is 29.2 Å². The fourth-order valence-corrected chi connectivity index (χ4v) is 3.68. The molecule has 8 nitrogen and oxygen atoms in total. The first-order valence-corrected chi connectivity index (χ1v) is 10.3. The molecule has 9 heteroatoms. The molecule has 0 aliphatic carbocycles. The first-order valence-electron chi connectivity index (χ1n) is 10.3. The van der Waals surface area contributed by atoms with E-state index in [2.05, 4.69) is 20.2 Å². The van der Waals surface area contributed by atoms with Crippen molar-refractivity contribution in [3.8, 4) is 5.75 Å². The van der Waals surface area contributed by atoms with Crippen LogP contribution in [0.2, 0.25) is 0 Å². The van der Waals surface area contributed by atoms with Crippen molar-refractivity contribution in [1.82, 2.24) is 15.3 Å². The Morgan fingerprint density at radius 1 is 1.12 bits per heavy atom. The van der Waals surface area contributed by atoms with Gasteiger partial charge < -0.3 is 19.9 Å². The second-order valence-electron chi connectivity index (χ2n) is 7.41. The number of H-pyrrole nitrogens is 1. The van der Waals surface area contributed by atoms with Crippen LogP contribution in [0.25, 0.3) is 0 Å². The Balaban J connectivity index is 1.38. The molecule has 1 saturated heterocycles. The van der Waals surface area contributed by atoms with Gasteiger partial charge in [-0.3, -0.25) is 14.6 Å². The number of anilines is 2. The number of hydrogen-bond acceptors (Lipinski definition) is 6. The number of aromatic amines is 1. The molecule has 0 spiro atoms. The average Bonchev–Trinajstić information content (AvgIpc) is 2.82. The highest BCUT2D eigenvalue weighted by atomic mass is 19.1. The molecule has 1 amide bonds. The van der Waals surface area contributed by atoms with Crippen LogP contribution in [0.15, 0.2) is 59.5 Å². The Kier molecular flexibility index (Phi) is 6.34. The van der Waals surface area contributed by atoms with Crippen molar-refractivity contribution in [3.05, 3.63) is 82.0 Å². The summed E-state index contributed by atoms with van der Waals surface area (Å²) in [5.74, 6) is 0.305. The third-order valence-corrected chi connectivity index (χ3v) is 5.38. The second-order valence-corrected chi connectivity index (χ2v) is 7.41. The van der Waals surface area contributed by atoms with Crippen molar-refractivity contribution in [2.45, 2.75) is 6.54 Å². The zero-order valence-corrected chi connectivity index (χ0v) is 17.7. The number of hydrogen-bond donors (Lipinski definition) is 2. The monoisotopic (exact) mass is 437 g/mol. The number of benzene rings is 2. The third-order valence-electron chi connectivity index (χ3n) is 5.38. The number of rotatable bonds is 6. The van der Waals surface area contributed by atoms with Crippen LogP contribution in [0.4, 0.5) is 16.0 Å². The number of aromatic nitrogens is 2. The molecule has 0 unspecified atom stereocenters. The molecule has 1 aromatic heterocycles. The lowest BCUT2D eigenvalue weighted by molar-refractivity contribution is 0.0949. The lowest BCUT2D eigenvalue weighted by atomic mass is 10.2. The zero-order chi connectivity index (χ0) is 22.5. The Hall–Kier alpha value is -3.88. The molecule has 0 saturated carbocycles. The smallest absolute Gasteiger partial charge is 0.265 e. The van der Waals surface area contributed by atoms with E-state index in [1.165, 1.54) is 18.3 Å². The SMILES string of the molecule is COc1ccccc1N1CCN(c2ncc(C(=O)NCc3cccc(F)c3)c(=O)[nH]2)CC1. The predicted octanol–water partition coefficient (Wildman–Crippen LogP) is 2.17. The molecule has 1 aliphatic rings. The molecule has 2 heterocycles. The van der Waals surface area contributed by atoms with Crippen molar-refractivity contribution < 1.29 is 13.9 Å². The quantitative estimate of drug-likeness (QED) is 0.614. The summed E-state index contributed by atoms with van der Waals surface area (Å²) in [5, 5.41) is 2.62. The van der Waals surface area contributed by atoms with E-state index < -0.39 is 11.5 Å². The fourth-order valence-electron chi connectivity index (χ4n) is 3.68. The molecule has 0 atom stereocenters. The van der Waals surface area contributed by atoms with Gasteiger partial charge in [-0.25, -0.2) is 9.37 Å². The molecule has 1 aliphatic heterocycles. The molecule has 166 valence electrons. The van der Waals surface area contributed by atoms with E-state index in [0.29, 0.717) is 24.6 Å². The Labute approximate surface area is 184 Å².